The van der Waals surface area contributed by atoms with E-state index in [0.717, 1.165) is 37.8 Å². The molecule has 5 nitrogen and oxygen atoms in total. The van der Waals surface area contributed by atoms with Crippen LogP contribution in [-0.4, -0.2) is 35.8 Å². The van der Waals surface area contributed by atoms with Gasteiger partial charge in [-0.25, -0.2) is 0 Å². The Balaban J connectivity index is 1.20. The SMILES string of the molecule is c1ccc([C@H]2C[C@@H]2NCC2(c3noc([C@H]4CCCNC4)n3)CC2)cc1. The number of piperidine rings is 1. The van der Waals surface area contributed by atoms with E-state index in [0.29, 0.717) is 17.9 Å². The highest BCUT2D eigenvalue weighted by molar-refractivity contribution is 5.28. The molecule has 1 aromatic carbocycles. The molecule has 5 heteroatoms. The molecule has 3 fully saturated rings. The lowest BCUT2D eigenvalue weighted by Gasteiger charge is -2.18. The average molecular weight is 338 g/mol. The maximum atomic E-state index is 5.61. The Kier molecular flexibility index (Phi) is 3.86. The summed E-state index contributed by atoms with van der Waals surface area (Å²) in [5.74, 6) is 2.83. The Bertz CT molecular complexity index is 718. The van der Waals surface area contributed by atoms with Crippen LogP contribution in [0.3, 0.4) is 0 Å². The normalized spacial score (nSPS) is 30.2. The summed E-state index contributed by atoms with van der Waals surface area (Å²) in [6.45, 7) is 3.05. The van der Waals surface area contributed by atoms with Crippen molar-refractivity contribution < 1.29 is 4.52 Å². The molecule has 1 saturated heterocycles. The van der Waals surface area contributed by atoms with E-state index in [1.807, 2.05) is 0 Å². The fourth-order valence-electron chi connectivity index (χ4n) is 4.13. The van der Waals surface area contributed by atoms with Gasteiger partial charge in [0.1, 0.15) is 0 Å². The van der Waals surface area contributed by atoms with Gasteiger partial charge in [-0.05, 0) is 44.2 Å². The number of nitrogens with zero attached hydrogens (tertiary/aromatic N) is 2. The van der Waals surface area contributed by atoms with Crippen LogP contribution in [0.1, 0.15) is 61.2 Å². The molecule has 5 rings (SSSR count). The minimum Gasteiger partial charge on any atom is -0.339 e. The number of hydrogen-bond donors (Lipinski definition) is 2. The monoisotopic (exact) mass is 338 g/mol. The second-order valence-electron chi connectivity index (χ2n) is 8.02. The van der Waals surface area contributed by atoms with Crippen molar-refractivity contribution in [3.63, 3.8) is 0 Å². The van der Waals surface area contributed by atoms with Crippen molar-refractivity contribution in [3.8, 4) is 0 Å². The van der Waals surface area contributed by atoms with Gasteiger partial charge in [0.05, 0.1) is 5.92 Å². The minimum absolute atomic E-state index is 0.119. The van der Waals surface area contributed by atoms with Crippen molar-refractivity contribution in [2.75, 3.05) is 19.6 Å². The molecule has 1 aliphatic heterocycles. The summed E-state index contributed by atoms with van der Waals surface area (Å²) in [4.78, 5) is 4.79. The predicted octanol–water partition coefficient (Wildman–Crippen LogP) is 2.71. The molecule has 0 amide bonds. The first-order valence-corrected chi connectivity index (χ1v) is 9.67. The van der Waals surface area contributed by atoms with Crippen molar-refractivity contribution in [2.24, 2.45) is 0 Å². The molecular formula is C20H26N4O. The molecular weight excluding hydrogens is 312 g/mol. The summed E-state index contributed by atoms with van der Waals surface area (Å²) in [5.41, 5.74) is 1.57. The Morgan fingerprint density at radius 1 is 1.24 bits per heavy atom. The summed E-state index contributed by atoms with van der Waals surface area (Å²) in [7, 11) is 0. The molecule has 3 atom stereocenters. The molecule has 132 valence electrons. The highest BCUT2D eigenvalue weighted by atomic mass is 16.5. The number of hydrogen-bond acceptors (Lipinski definition) is 5. The van der Waals surface area contributed by atoms with Crippen LogP contribution < -0.4 is 10.6 Å². The number of aromatic nitrogens is 2. The van der Waals surface area contributed by atoms with Crippen LogP contribution in [0.4, 0.5) is 0 Å². The minimum atomic E-state index is 0.119. The lowest BCUT2D eigenvalue weighted by molar-refractivity contribution is 0.318. The maximum Gasteiger partial charge on any atom is 0.231 e. The molecule has 2 N–H and O–H groups in total. The Hall–Kier alpha value is -1.72. The number of rotatable bonds is 6. The van der Waals surface area contributed by atoms with Crippen molar-refractivity contribution in [3.05, 3.63) is 47.6 Å². The summed E-state index contributed by atoms with van der Waals surface area (Å²) in [6, 6.07) is 11.4. The van der Waals surface area contributed by atoms with Crippen LogP contribution in [0.2, 0.25) is 0 Å². The fourth-order valence-corrected chi connectivity index (χ4v) is 4.13. The van der Waals surface area contributed by atoms with Gasteiger partial charge in [0.2, 0.25) is 5.89 Å². The van der Waals surface area contributed by atoms with E-state index < -0.39 is 0 Å². The summed E-state index contributed by atoms with van der Waals surface area (Å²) >= 11 is 0. The van der Waals surface area contributed by atoms with Gasteiger partial charge in [-0.2, -0.15) is 4.98 Å². The van der Waals surface area contributed by atoms with Crippen LogP contribution in [0, 0.1) is 0 Å². The van der Waals surface area contributed by atoms with Crippen LogP contribution in [-0.2, 0) is 5.41 Å². The Morgan fingerprint density at radius 3 is 2.88 bits per heavy atom. The van der Waals surface area contributed by atoms with Gasteiger partial charge in [-0.3, -0.25) is 0 Å². The molecule has 0 unspecified atom stereocenters. The van der Waals surface area contributed by atoms with Gasteiger partial charge >= 0.3 is 0 Å². The van der Waals surface area contributed by atoms with Crippen LogP contribution in [0.25, 0.3) is 0 Å². The molecule has 25 heavy (non-hydrogen) atoms. The predicted molar refractivity (Wildman–Crippen MR) is 95.6 cm³/mol. The highest BCUT2D eigenvalue weighted by Gasteiger charge is 2.50. The Morgan fingerprint density at radius 2 is 2.12 bits per heavy atom. The first kappa shape index (κ1) is 15.5. The third kappa shape index (κ3) is 3.11. The third-order valence-corrected chi connectivity index (χ3v) is 6.14. The zero-order valence-corrected chi connectivity index (χ0v) is 14.6. The van der Waals surface area contributed by atoms with Crippen LogP contribution in [0.15, 0.2) is 34.9 Å². The largest absolute Gasteiger partial charge is 0.339 e. The van der Waals surface area contributed by atoms with E-state index in [4.69, 9.17) is 9.51 Å². The average Bonchev–Trinajstić information content (AvgIpc) is 3.58. The van der Waals surface area contributed by atoms with E-state index in [1.54, 1.807) is 0 Å². The number of nitrogens with one attached hydrogen (secondary N) is 2. The maximum absolute atomic E-state index is 5.61. The van der Waals surface area contributed by atoms with Gasteiger partial charge in [-0.15, -0.1) is 0 Å². The smallest absolute Gasteiger partial charge is 0.231 e. The summed E-state index contributed by atoms with van der Waals surface area (Å²) in [6.07, 6.45) is 5.93. The van der Waals surface area contributed by atoms with Crippen LogP contribution in [0.5, 0.6) is 0 Å². The second kappa shape index (κ2) is 6.22. The first-order chi connectivity index (χ1) is 12.3. The van der Waals surface area contributed by atoms with Crippen molar-refractivity contribution in [1.82, 2.24) is 20.8 Å². The first-order valence-electron chi connectivity index (χ1n) is 9.67. The summed E-state index contributed by atoms with van der Waals surface area (Å²) < 4.78 is 5.61. The molecule has 1 aromatic heterocycles. The second-order valence-corrected chi connectivity index (χ2v) is 8.02. The molecule has 2 saturated carbocycles. The molecule has 0 bridgehead atoms. The van der Waals surface area contributed by atoms with E-state index in [1.165, 1.54) is 31.2 Å². The van der Waals surface area contributed by atoms with E-state index in [2.05, 4.69) is 46.1 Å². The fraction of sp³-hybridized carbons (Fsp3) is 0.600. The van der Waals surface area contributed by atoms with E-state index in [9.17, 15) is 0 Å². The zero-order chi connectivity index (χ0) is 16.7. The van der Waals surface area contributed by atoms with E-state index >= 15 is 0 Å². The Labute approximate surface area is 148 Å². The van der Waals surface area contributed by atoms with Crippen molar-refractivity contribution in [1.29, 1.82) is 0 Å². The number of benzene rings is 1. The molecule has 0 spiro atoms. The summed E-state index contributed by atoms with van der Waals surface area (Å²) in [5, 5.41) is 11.5. The van der Waals surface area contributed by atoms with Gasteiger partial charge in [0, 0.05) is 30.5 Å². The van der Waals surface area contributed by atoms with Crippen molar-refractivity contribution in [2.45, 2.75) is 55.4 Å². The lowest BCUT2D eigenvalue weighted by atomic mass is 9.99. The molecule has 2 heterocycles. The lowest BCUT2D eigenvalue weighted by Crippen LogP contribution is -2.30. The standard InChI is InChI=1S/C20H26N4O/c1-2-5-14(6-3-1)16-11-17(16)22-13-20(8-9-20)19-23-18(25-24-19)15-7-4-10-21-12-15/h1-3,5-6,15-17,21-22H,4,7-13H2/t15-,16+,17-/m0/s1. The zero-order valence-electron chi connectivity index (χ0n) is 14.6. The van der Waals surface area contributed by atoms with E-state index in [-0.39, 0.29) is 5.41 Å². The molecule has 3 aliphatic rings. The third-order valence-electron chi connectivity index (χ3n) is 6.14. The van der Waals surface area contributed by atoms with Gasteiger partial charge in [-0.1, -0.05) is 35.5 Å². The molecule has 0 radical (unpaired) electrons. The van der Waals surface area contributed by atoms with Gasteiger partial charge < -0.3 is 15.2 Å². The molecule has 2 aliphatic carbocycles. The quantitative estimate of drug-likeness (QED) is 0.848. The van der Waals surface area contributed by atoms with Gasteiger partial charge in [0.15, 0.2) is 5.82 Å². The molecule has 2 aromatic rings. The van der Waals surface area contributed by atoms with Crippen LogP contribution >= 0.6 is 0 Å². The van der Waals surface area contributed by atoms with Crippen molar-refractivity contribution >= 4 is 0 Å². The highest BCUT2D eigenvalue weighted by Crippen LogP contribution is 2.48. The topological polar surface area (TPSA) is 63.0 Å². The van der Waals surface area contributed by atoms with Gasteiger partial charge in [0.25, 0.3) is 0 Å².